The first-order chi connectivity index (χ1) is 13.9. The molecule has 0 radical (unpaired) electrons. The van der Waals surface area contributed by atoms with Crippen LogP contribution in [0.1, 0.15) is 27.3 Å². The number of aryl methyl sites for hydroxylation is 2. The van der Waals surface area contributed by atoms with Gasteiger partial charge in [-0.3, -0.25) is 9.59 Å². The second-order valence-corrected chi connectivity index (χ2v) is 7.66. The van der Waals surface area contributed by atoms with E-state index in [0.29, 0.717) is 16.5 Å². The third-order valence-electron chi connectivity index (χ3n) is 4.28. The van der Waals surface area contributed by atoms with Crippen LogP contribution in [0, 0.1) is 13.8 Å². The summed E-state index contributed by atoms with van der Waals surface area (Å²) in [5.41, 5.74) is 3.53. The first-order valence-corrected chi connectivity index (χ1v) is 10.1. The normalized spacial score (nSPS) is 10.6. The molecule has 0 aliphatic rings. The van der Waals surface area contributed by atoms with Crippen molar-refractivity contribution in [3.05, 3.63) is 71.0 Å². The summed E-state index contributed by atoms with van der Waals surface area (Å²) in [5, 5.41) is 14.5. The summed E-state index contributed by atoms with van der Waals surface area (Å²) in [6.45, 7) is 4.20. The molecule has 8 heteroatoms. The lowest BCUT2D eigenvalue weighted by Crippen LogP contribution is -2.24. The van der Waals surface area contributed by atoms with Crippen LogP contribution < -0.4 is 10.6 Å². The van der Waals surface area contributed by atoms with Gasteiger partial charge in [-0.15, -0.1) is 10.2 Å². The molecule has 0 aliphatic carbocycles. The molecule has 0 bridgehead atoms. The van der Waals surface area contributed by atoms with Crippen molar-refractivity contribution in [1.29, 1.82) is 0 Å². The average Bonchev–Trinajstić information content (AvgIpc) is 3.06. The van der Waals surface area contributed by atoms with Crippen LogP contribution in [-0.2, 0) is 18.4 Å². The predicted molar refractivity (Wildman–Crippen MR) is 114 cm³/mol. The number of nitrogens with one attached hydrogen (secondary N) is 2. The number of nitrogens with zero attached hydrogens (tertiary/aromatic N) is 3. The molecule has 29 heavy (non-hydrogen) atoms. The van der Waals surface area contributed by atoms with Gasteiger partial charge in [-0.05, 0) is 38.1 Å². The average molecular weight is 410 g/mol. The van der Waals surface area contributed by atoms with Crippen LogP contribution in [0.4, 0.5) is 5.69 Å². The summed E-state index contributed by atoms with van der Waals surface area (Å²) in [4.78, 5) is 24.4. The van der Waals surface area contributed by atoms with Gasteiger partial charge in [0.2, 0.25) is 5.91 Å². The monoisotopic (exact) mass is 409 g/mol. The van der Waals surface area contributed by atoms with Crippen molar-refractivity contribution in [2.45, 2.75) is 25.5 Å². The van der Waals surface area contributed by atoms with Crippen LogP contribution in [0.25, 0.3) is 0 Å². The van der Waals surface area contributed by atoms with Gasteiger partial charge >= 0.3 is 0 Å². The molecule has 0 spiro atoms. The lowest BCUT2D eigenvalue weighted by atomic mass is 10.1. The largest absolute Gasteiger partial charge is 0.345 e. The Bertz CT molecular complexity index is 1010. The van der Waals surface area contributed by atoms with Crippen LogP contribution in [0.15, 0.2) is 53.7 Å². The van der Waals surface area contributed by atoms with E-state index in [0.717, 1.165) is 16.8 Å². The molecule has 0 unspecified atom stereocenters. The highest BCUT2D eigenvalue weighted by molar-refractivity contribution is 7.99. The summed E-state index contributed by atoms with van der Waals surface area (Å²) in [6, 6.07) is 15.0. The predicted octanol–water partition coefficient (Wildman–Crippen LogP) is 3.09. The molecule has 0 saturated carbocycles. The molecule has 3 aromatic rings. The smallest absolute Gasteiger partial charge is 0.251 e. The second kappa shape index (κ2) is 9.38. The fraction of sp³-hybridized carbons (Fsp3) is 0.238. The molecular formula is C21H23N5O2S. The minimum absolute atomic E-state index is 0.115. The van der Waals surface area contributed by atoms with Gasteiger partial charge in [0.05, 0.1) is 12.3 Å². The molecule has 0 fully saturated rings. The molecule has 150 valence electrons. The number of anilines is 1. The van der Waals surface area contributed by atoms with Crippen molar-refractivity contribution in [3.8, 4) is 0 Å². The van der Waals surface area contributed by atoms with Crippen LogP contribution >= 0.6 is 11.8 Å². The number of rotatable bonds is 7. The van der Waals surface area contributed by atoms with E-state index in [-0.39, 0.29) is 24.1 Å². The topological polar surface area (TPSA) is 88.9 Å². The minimum Gasteiger partial charge on any atom is -0.345 e. The lowest BCUT2D eigenvalue weighted by molar-refractivity contribution is -0.113. The Morgan fingerprint density at radius 1 is 1.03 bits per heavy atom. The first kappa shape index (κ1) is 20.6. The molecule has 2 N–H and O–H groups in total. The number of amides is 2. The molecule has 7 nitrogen and oxygen atoms in total. The summed E-state index contributed by atoms with van der Waals surface area (Å²) in [5.74, 6) is 0.558. The number of hydrogen-bond acceptors (Lipinski definition) is 5. The Morgan fingerprint density at radius 3 is 2.52 bits per heavy atom. The molecule has 1 aromatic heterocycles. The zero-order chi connectivity index (χ0) is 20.8. The van der Waals surface area contributed by atoms with Gasteiger partial charge in [-0.1, -0.05) is 47.2 Å². The molecule has 0 saturated heterocycles. The second-order valence-electron chi connectivity index (χ2n) is 6.71. The Hall–Kier alpha value is -3.13. The van der Waals surface area contributed by atoms with Gasteiger partial charge in [0, 0.05) is 18.3 Å². The van der Waals surface area contributed by atoms with Gasteiger partial charge in [0.15, 0.2) is 11.0 Å². The number of hydrogen-bond donors (Lipinski definition) is 2. The molecule has 0 atom stereocenters. The highest BCUT2D eigenvalue weighted by Crippen LogP contribution is 2.17. The lowest BCUT2D eigenvalue weighted by Gasteiger charge is -2.07. The summed E-state index contributed by atoms with van der Waals surface area (Å²) >= 11 is 1.30. The van der Waals surface area contributed by atoms with E-state index in [4.69, 9.17) is 0 Å². The zero-order valence-corrected chi connectivity index (χ0v) is 17.4. The molecular weight excluding hydrogens is 386 g/mol. The van der Waals surface area contributed by atoms with E-state index in [1.165, 1.54) is 11.8 Å². The van der Waals surface area contributed by atoms with Gasteiger partial charge in [0.25, 0.3) is 5.91 Å². The Morgan fingerprint density at radius 2 is 1.79 bits per heavy atom. The van der Waals surface area contributed by atoms with Crippen molar-refractivity contribution >= 4 is 29.3 Å². The quantitative estimate of drug-likeness (QED) is 0.586. The van der Waals surface area contributed by atoms with Crippen molar-refractivity contribution in [3.63, 3.8) is 0 Å². The third-order valence-corrected chi connectivity index (χ3v) is 5.30. The highest BCUT2D eigenvalue weighted by atomic mass is 32.2. The Balaban J connectivity index is 1.51. The van der Waals surface area contributed by atoms with Gasteiger partial charge < -0.3 is 15.2 Å². The number of aromatic nitrogens is 3. The van der Waals surface area contributed by atoms with E-state index in [9.17, 15) is 9.59 Å². The SMILES string of the molecule is Cc1ccc(NC(=O)CSc2nnc(CNC(=O)c3cccc(C)c3)n2C)cc1. The maximum Gasteiger partial charge on any atom is 0.251 e. The maximum absolute atomic E-state index is 12.3. The van der Waals surface area contributed by atoms with Crippen LogP contribution in [0.2, 0.25) is 0 Å². The van der Waals surface area contributed by atoms with Crippen LogP contribution in [0.3, 0.4) is 0 Å². The van der Waals surface area contributed by atoms with Crippen molar-refractivity contribution in [1.82, 2.24) is 20.1 Å². The van der Waals surface area contributed by atoms with Crippen LogP contribution in [-0.4, -0.2) is 32.3 Å². The Labute approximate surface area is 173 Å². The summed E-state index contributed by atoms with van der Waals surface area (Å²) in [7, 11) is 1.81. The maximum atomic E-state index is 12.3. The molecule has 2 aromatic carbocycles. The summed E-state index contributed by atoms with van der Waals surface area (Å²) in [6.07, 6.45) is 0. The highest BCUT2D eigenvalue weighted by Gasteiger charge is 2.13. The number of carbonyl (C=O) groups is 2. The van der Waals surface area contributed by atoms with Gasteiger partial charge in [0.1, 0.15) is 0 Å². The van der Waals surface area contributed by atoms with E-state index < -0.39 is 0 Å². The number of thioether (sulfide) groups is 1. The Kier molecular flexibility index (Phi) is 6.66. The van der Waals surface area contributed by atoms with E-state index in [2.05, 4.69) is 20.8 Å². The van der Waals surface area contributed by atoms with Gasteiger partial charge in [-0.2, -0.15) is 0 Å². The molecule has 0 aliphatic heterocycles. The first-order valence-electron chi connectivity index (χ1n) is 9.15. The van der Waals surface area contributed by atoms with E-state index in [1.807, 2.05) is 63.4 Å². The molecule has 1 heterocycles. The number of carbonyl (C=O) groups excluding carboxylic acids is 2. The van der Waals surface area contributed by atoms with E-state index >= 15 is 0 Å². The molecule has 3 rings (SSSR count). The number of benzene rings is 2. The standard InChI is InChI=1S/C21H23N5O2S/c1-14-7-9-17(10-8-14)23-19(27)13-29-21-25-24-18(26(21)3)12-22-20(28)16-6-4-5-15(2)11-16/h4-11H,12-13H2,1-3H3,(H,22,28)(H,23,27). The zero-order valence-electron chi connectivity index (χ0n) is 16.6. The van der Waals surface area contributed by atoms with Crippen molar-refractivity contribution in [2.24, 2.45) is 7.05 Å². The fourth-order valence-corrected chi connectivity index (χ4v) is 3.37. The van der Waals surface area contributed by atoms with Gasteiger partial charge in [-0.25, -0.2) is 0 Å². The molecule has 2 amide bonds. The fourth-order valence-electron chi connectivity index (χ4n) is 2.64. The van der Waals surface area contributed by atoms with E-state index in [1.54, 1.807) is 10.6 Å². The van der Waals surface area contributed by atoms with Crippen molar-refractivity contribution < 1.29 is 9.59 Å². The van der Waals surface area contributed by atoms with Crippen LogP contribution in [0.5, 0.6) is 0 Å². The summed E-state index contributed by atoms with van der Waals surface area (Å²) < 4.78 is 1.78. The third kappa shape index (κ3) is 5.68. The minimum atomic E-state index is -0.164. The van der Waals surface area contributed by atoms with Crippen molar-refractivity contribution in [2.75, 3.05) is 11.1 Å².